The number of benzene rings is 1. The van der Waals surface area contributed by atoms with Gasteiger partial charge in [-0.1, -0.05) is 30.3 Å². The molecule has 3 atom stereocenters. The van der Waals surface area contributed by atoms with Gasteiger partial charge in [0.25, 0.3) is 0 Å². The van der Waals surface area contributed by atoms with Gasteiger partial charge in [-0.05, 0) is 18.4 Å². The monoisotopic (exact) mass is 334 g/mol. The topological polar surface area (TPSA) is 81.9 Å². The molecule has 0 bridgehead atoms. The van der Waals surface area contributed by atoms with Crippen LogP contribution in [0.3, 0.4) is 0 Å². The van der Waals surface area contributed by atoms with Crippen molar-refractivity contribution in [3.05, 3.63) is 35.9 Å². The van der Waals surface area contributed by atoms with Gasteiger partial charge in [0.15, 0.2) is 0 Å². The molecule has 2 N–H and O–H groups in total. The van der Waals surface area contributed by atoms with Gasteiger partial charge in [-0.2, -0.15) is 0 Å². The van der Waals surface area contributed by atoms with Gasteiger partial charge in [-0.15, -0.1) is 0 Å². The van der Waals surface area contributed by atoms with E-state index in [0.717, 1.165) is 5.56 Å². The van der Waals surface area contributed by atoms with Gasteiger partial charge in [0.2, 0.25) is 5.91 Å². The summed E-state index contributed by atoms with van der Waals surface area (Å²) in [5, 5.41) is 0. The van der Waals surface area contributed by atoms with E-state index in [2.05, 4.69) is 0 Å². The molecule has 1 amide bonds. The summed E-state index contributed by atoms with van der Waals surface area (Å²) >= 11 is 0. The Bertz CT molecular complexity index is 549. The minimum atomic E-state index is -0.458. The van der Waals surface area contributed by atoms with Gasteiger partial charge >= 0.3 is 5.97 Å². The number of hydrogen-bond acceptors (Lipinski definition) is 5. The number of nitrogens with zero attached hydrogens (tertiary/aromatic N) is 1. The molecule has 24 heavy (non-hydrogen) atoms. The van der Waals surface area contributed by atoms with Crippen LogP contribution in [0.5, 0.6) is 0 Å². The highest BCUT2D eigenvalue weighted by atomic mass is 16.5. The van der Waals surface area contributed by atoms with Crippen molar-refractivity contribution in [1.82, 2.24) is 4.90 Å². The van der Waals surface area contributed by atoms with E-state index in [1.807, 2.05) is 30.3 Å². The number of carbonyl (C=O) groups excluding carboxylic acids is 2. The molecule has 1 aliphatic heterocycles. The quantitative estimate of drug-likeness (QED) is 0.784. The first kappa shape index (κ1) is 18.4. The SMILES string of the molecule is COC(=O)C[C@@H](Cc1ccccc1)C(=O)N(C)[C@@H]1CCOC[C@H]1N. The standard InChI is InChI=1S/C18H26N2O4/c1-20(16-8-9-24-12-15(16)19)18(22)14(11-17(21)23-2)10-13-6-4-3-5-7-13/h3-7,14-16H,8-12,19H2,1-2H3/t14-,15-,16-/m1/s1. The molecular weight excluding hydrogens is 308 g/mol. The van der Waals surface area contributed by atoms with Crippen LogP contribution < -0.4 is 5.73 Å². The zero-order valence-corrected chi connectivity index (χ0v) is 14.3. The average Bonchev–Trinajstić information content (AvgIpc) is 2.61. The highest BCUT2D eigenvalue weighted by Gasteiger charge is 2.33. The molecule has 1 aromatic carbocycles. The largest absolute Gasteiger partial charge is 0.469 e. The lowest BCUT2D eigenvalue weighted by Gasteiger charge is -2.37. The van der Waals surface area contributed by atoms with Gasteiger partial charge in [0.1, 0.15) is 0 Å². The van der Waals surface area contributed by atoms with Crippen molar-refractivity contribution in [2.24, 2.45) is 11.7 Å². The molecule has 2 rings (SSSR count). The van der Waals surface area contributed by atoms with Gasteiger partial charge in [-0.25, -0.2) is 0 Å². The minimum Gasteiger partial charge on any atom is -0.469 e. The zero-order valence-electron chi connectivity index (χ0n) is 14.3. The Labute approximate surface area is 142 Å². The number of rotatable bonds is 6. The predicted octanol–water partition coefficient (Wildman–Crippen LogP) is 0.983. The Balaban J connectivity index is 2.11. The Morgan fingerprint density at radius 1 is 1.38 bits per heavy atom. The summed E-state index contributed by atoms with van der Waals surface area (Å²) in [7, 11) is 3.10. The average molecular weight is 334 g/mol. The predicted molar refractivity (Wildman–Crippen MR) is 90.2 cm³/mol. The first-order valence-electron chi connectivity index (χ1n) is 8.23. The van der Waals surface area contributed by atoms with E-state index in [0.29, 0.717) is 26.1 Å². The number of carbonyl (C=O) groups is 2. The third kappa shape index (κ3) is 4.79. The lowest BCUT2D eigenvalue weighted by Crippen LogP contribution is -2.55. The van der Waals surface area contributed by atoms with Crippen LogP contribution in [0.1, 0.15) is 18.4 Å². The van der Waals surface area contributed by atoms with E-state index < -0.39 is 5.92 Å². The fourth-order valence-electron chi connectivity index (χ4n) is 3.11. The highest BCUT2D eigenvalue weighted by molar-refractivity contribution is 5.84. The van der Waals surface area contributed by atoms with Crippen molar-refractivity contribution >= 4 is 11.9 Å². The fourth-order valence-corrected chi connectivity index (χ4v) is 3.11. The molecule has 6 nitrogen and oxygen atoms in total. The second kappa shape index (κ2) is 8.80. The van der Waals surface area contributed by atoms with Crippen LogP contribution in [0.2, 0.25) is 0 Å². The van der Waals surface area contributed by atoms with E-state index in [4.69, 9.17) is 15.2 Å². The molecule has 0 aliphatic carbocycles. The smallest absolute Gasteiger partial charge is 0.306 e. The zero-order chi connectivity index (χ0) is 17.5. The molecule has 0 spiro atoms. The molecule has 1 saturated heterocycles. The molecule has 0 saturated carbocycles. The van der Waals surface area contributed by atoms with E-state index >= 15 is 0 Å². The summed E-state index contributed by atoms with van der Waals surface area (Å²) in [6, 6.07) is 9.41. The van der Waals surface area contributed by atoms with Gasteiger partial charge < -0.3 is 20.1 Å². The summed E-state index contributed by atoms with van der Waals surface area (Å²) in [6.07, 6.45) is 1.27. The molecule has 1 fully saturated rings. The van der Waals surface area contributed by atoms with E-state index in [9.17, 15) is 9.59 Å². The van der Waals surface area contributed by atoms with Crippen molar-refractivity contribution in [1.29, 1.82) is 0 Å². The van der Waals surface area contributed by atoms with Crippen molar-refractivity contribution < 1.29 is 19.1 Å². The van der Waals surface area contributed by atoms with Crippen molar-refractivity contribution in [3.8, 4) is 0 Å². The van der Waals surface area contributed by atoms with Crippen LogP contribution in [0.25, 0.3) is 0 Å². The fraction of sp³-hybridized carbons (Fsp3) is 0.556. The van der Waals surface area contributed by atoms with Crippen molar-refractivity contribution in [2.75, 3.05) is 27.4 Å². The summed E-state index contributed by atoms with van der Waals surface area (Å²) in [6.45, 7) is 1.04. The van der Waals surface area contributed by atoms with Gasteiger partial charge in [0, 0.05) is 19.7 Å². The van der Waals surface area contributed by atoms with Gasteiger partial charge in [-0.3, -0.25) is 9.59 Å². The van der Waals surface area contributed by atoms with Crippen LogP contribution in [0, 0.1) is 5.92 Å². The normalized spacial score (nSPS) is 21.8. The Morgan fingerprint density at radius 2 is 2.08 bits per heavy atom. The van der Waals surface area contributed by atoms with Crippen LogP contribution in [-0.4, -0.2) is 56.2 Å². The Kier molecular flexibility index (Phi) is 6.75. The van der Waals surface area contributed by atoms with E-state index in [1.165, 1.54) is 7.11 Å². The number of nitrogens with two attached hydrogens (primary N) is 1. The lowest BCUT2D eigenvalue weighted by atomic mass is 9.93. The van der Waals surface area contributed by atoms with Crippen LogP contribution >= 0.6 is 0 Å². The first-order valence-corrected chi connectivity index (χ1v) is 8.23. The second-order valence-electron chi connectivity index (χ2n) is 6.21. The Hall–Kier alpha value is -1.92. The van der Waals surface area contributed by atoms with E-state index in [1.54, 1.807) is 11.9 Å². The third-order valence-electron chi connectivity index (χ3n) is 4.52. The number of likely N-dealkylation sites (N-methyl/N-ethyl adjacent to an activating group) is 1. The number of ether oxygens (including phenoxy) is 2. The summed E-state index contributed by atoms with van der Waals surface area (Å²) in [5.41, 5.74) is 7.11. The molecule has 0 radical (unpaired) electrons. The molecule has 132 valence electrons. The summed E-state index contributed by atoms with van der Waals surface area (Å²) in [4.78, 5) is 26.4. The molecule has 0 aromatic heterocycles. The van der Waals surface area contributed by atoms with Crippen LogP contribution in [0.15, 0.2) is 30.3 Å². The van der Waals surface area contributed by atoms with Gasteiger partial charge in [0.05, 0.1) is 32.1 Å². The summed E-state index contributed by atoms with van der Waals surface area (Å²) in [5.74, 6) is -0.916. The molecule has 6 heteroatoms. The second-order valence-corrected chi connectivity index (χ2v) is 6.21. The molecule has 1 aromatic rings. The number of methoxy groups -OCH3 is 1. The maximum Gasteiger partial charge on any atom is 0.306 e. The number of esters is 1. The maximum atomic E-state index is 13.0. The highest BCUT2D eigenvalue weighted by Crippen LogP contribution is 2.20. The van der Waals surface area contributed by atoms with Crippen molar-refractivity contribution in [3.63, 3.8) is 0 Å². The lowest BCUT2D eigenvalue weighted by molar-refractivity contribution is -0.148. The van der Waals surface area contributed by atoms with E-state index in [-0.39, 0.29) is 30.4 Å². The minimum absolute atomic E-state index is 0.0625. The first-order chi connectivity index (χ1) is 11.5. The van der Waals surface area contributed by atoms with Crippen LogP contribution in [-0.2, 0) is 25.5 Å². The molecular formula is C18H26N2O4. The molecule has 0 unspecified atom stereocenters. The number of amides is 1. The third-order valence-corrected chi connectivity index (χ3v) is 4.52. The van der Waals surface area contributed by atoms with Crippen molar-refractivity contribution in [2.45, 2.75) is 31.3 Å². The molecule has 1 heterocycles. The summed E-state index contributed by atoms with van der Waals surface area (Å²) < 4.78 is 10.1. The van der Waals surface area contributed by atoms with Crippen LogP contribution in [0.4, 0.5) is 0 Å². The maximum absolute atomic E-state index is 13.0. The Morgan fingerprint density at radius 3 is 2.71 bits per heavy atom. The number of hydrogen-bond donors (Lipinski definition) is 1. The molecule has 1 aliphatic rings.